The zero-order valence-electron chi connectivity index (χ0n) is 18.1. The van der Waals surface area contributed by atoms with Crippen LogP contribution in [-0.2, 0) is 9.59 Å². The molecule has 9 nitrogen and oxygen atoms in total. The van der Waals surface area contributed by atoms with Crippen LogP contribution in [0.2, 0.25) is 0 Å². The molecule has 1 aromatic heterocycles. The smallest absolute Gasteiger partial charge is 0.231 e. The summed E-state index contributed by atoms with van der Waals surface area (Å²) in [7, 11) is 0. The molecule has 2 aromatic carbocycles. The van der Waals surface area contributed by atoms with Crippen molar-refractivity contribution in [1.82, 2.24) is 4.98 Å². The maximum atomic E-state index is 12.9. The molecule has 3 aliphatic rings. The summed E-state index contributed by atoms with van der Waals surface area (Å²) < 4.78 is 22.4. The number of carbonyl (C=O) groups is 2. The van der Waals surface area contributed by atoms with E-state index < -0.39 is 5.92 Å². The van der Waals surface area contributed by atoms with Crippen LogP contribution in [0.3, 0.4) is 0 Å². The van der Waals surface area contributed by atoms with Gasteiger partial charge in [0.05, 0.1) is 11.6 Å². The highest BCUT2D eigenvalue weighted by Gasteiger charge is 2.36. The van der Waals surface area contributed by atoms with Gasteiger partial charge in [0.25, 0.3) is 0 Å². The van der Waals surface area contributed by atoms with Gasteiger partial charge in [0.1, 0.15) is 26.4 Å². The van der Waals surface area contributed by atoms with E-state index >= 15 is 0 Å². The van der Waals surface area contributed by atoms with E-state index in [1.54, 1.807) is 17.0 Å². The van der Waals surface area contributed by atoms with Gasteiger partial charge >= 0.3 is 0 Å². The number of nitrogens with one attached hydrogen (secondary N) is 1. The summed E-state index contributed by atoms with van der Waals surface area (Å²) in [5.41, 5.74) is 2.30. The Morgan fingerprint density at radius 3 is 2.38 bits per heavy atom. The van der Waals surface area contributed by atoms with Crippen molar-refractivity contribution in [3.05, 3.63) is 41.8 Å². The number of carbonyl (C=O) groups excluding carboxylic acids is 2. The number of hydrogen-bond donors (Lipinski definition) is 1. The predicted octanol–water partition coefficient (Wildman–Crippen LogP) is 3.34. The largest absolute Gasteiger partial charge is 0.486 e. The molecule has 0 aliphatic carbocycles. The van der Waals surface area contributed by atoms with Gasteiger partial charge in [-0.05, 0) is 30.3 Å². The molecule has 0 saturated carbocycles. The molecule has 1 atom stereocenters. The number of rotatable bonds is 4. The fourth-order valence-corrected chi connectivity index (χ4v) is 4.93. The first-order valence-corrected chi connectivity index (χ1v) is 11.9. The molecule has 0 unspecified atom stereocenters. The Morgan fingerprint density at radius 2 is 1.62 bits per heavy atom. The minimum absolute atomic E-state index is 0.104. The highest BCUT2D eigenvalue weighted by molar-refractivity contribution is 7.14. The Labute approximate surface area is 199 Å². The molecular weight excluding hydrogens is 458 g/mol. The van der Waals surface area contributed by atoms with E-state index in [1.165, 1.54) is 11.3 Å². The fourth-order valence-electron chi connectivity index (χ4n) is 4.21. The lowest BCUT2D eigenvalue weighted by atomic mass is 10.1. The predicted molar refractivity (Wildman–Crippen MR) is 125 cm³/mol. The van der Waals surface area contributed by atoms with Gasteiger partial charge in [-0.3, -0.25) is 9.59 Å². The third-order valence-electron chi connectivity index (χ3n) is 5.91. The maximum absolute atomic E-state index is 12.9. The molecule has 0 spiro atoms. The molecule has 34 heavy (non-hydrogen) atoms. The Balaban J connectivity index is 1.13. The number of fused-ring (bicyclic) bond motifs is 2. The monoisotopic (exact) mass is 479 g/mol. The maximum Gasteiger partial charge on any atom is 0.231 e. The lowest BCUT2D eigenvalue weighted by Crippen LogP contribution is -2.28. The first-order valence-electron chi connectivity index (χ1n) is 11.0. The van der Waals surface area contributed by atoms with Crippen molar-refractivity contribution in [3.8, 4) is 34.3 Å². The first-order chi connectivity index (χ1) is 16.6. The summed E-state index contributed by atoms with van der Waals surface area (Å²) in [6, 6.07) is 11.0. The van der Waals surface area contributed by atoms with E-state index in [0.717, 1.165) is 11.3 Å². The molecular formula is C24H21N3O6S. The zero-order chi connectivity index (χ0) is 23.1. The van der Waals surface area contributed by atoms with Crippen molar-refractivity contribution in [2.45, 2.75) is 6.42 Å². The van der Waals surface area contributed by atoms with Crippen molar-refractivity contribution in [1.29, 1.82) is 0 Å². The zero-order valence-corrected chi connectivity index (χ0v) is 18.9. The normalized spacial score (nSPS) is 18.6. The third-order valence-corrected chi connectivity index (χ3v) is 6.66. The van der Waals surface area contributed by atoms with Gasteiger partial charge < -0.3 is 29.2 Å². The summed E-state index contributed by atoms with van der Waals surface area (Å²) in [6.07, 6.45) is 0.140. The summed E-state index contributed by atoms with van der Waals surface area (Å²) >= 11 is 1.34. The van der Waals surface area contributed by atoms with E-state index in [4.69, 9.17) is 18.9 Å². The number of amides is 2. The SMILES string of the molecule is O=C(Nc1nc(-c2ccc3c(c2)OCCO3)cs1)[C@@H]1CC(=O)N(c2ccc3c(c2)OCCO3)C1. The quantitative estimate of drug-likeness (QED) is 0.613. The number of hydrogen-bond acceptors (Lipinski definition) is 8. The number of benzene rings is 2. The summed E-state index contributed by atoms with van der Waals surface area (Å²) in [4.78, 5) is 31.7. The van der Waals surface area contributed by atoms with Crippen molar-refractivity contribution in [2.75, 3.05) is 43.2 Å². The molecule has 1 fully saturated rings. The second-order valence-electron chi connectivity index (χ2n) is 8.12. The molecule has 0 bridgehead atoms. The van der Waals surface area contributed by atoms with Crippen LogP contribution in [-0.4, -0.2) is 49.8 Å². The van der Waals surface area contributed by atoms with Crippen LogP contribution in [0.4, 0.5) is 10.8 Å². The molecule has 3 aromatic rings. The van der Waals surface area contributed by atoms with E-state index in [9.17, 15) is 9.59 Å². The lowest BCUT2D eigenvalue weighted by molar-refractivity contribution is -0.122. The molecule has 1 saturated heterocycles. The van der Waals surface area contributed by atoms with Gasteiger partial charge in [-0.2, -0.15) is 0 Å². The molecule has 4 heterocycles. The average molecular weight is 480 g/mol. The van der Waals surface area contributed by atoms with Crippen molar-refractivity contribution < 1.29 is 28.5 Å². The topological polar surface area (TPSA) is 99.2 Å². The number of thiazole rings is 1. The van der Waals surface area contributed by atoms with Crippen LogP contribution in [0.25, 0.3) is 11.3 Å². The van der Waals surface area contributed by atoms with Crippen LogP contribution >= 0.6 is 11.3 Å². The van der Waals surface area contributed by atoms with E-state index in [2.05, 4.69) is 10.3 Å². The summed E-state index contributed by atoms with van der Waals surface area (Å²) in [6.45, 7) is 2.32. The van der Waals surface area contributed by atoms with Crippen LogP contribution in [0.15, 0.2) is 41.8 Å². The highest BCUT2D eigenvalue weighted by atomic mass is 32.1. The van der Waals surface area contributed by atoms with Gasteiger partial charge in [-0.25, -0.2) is 4.98 Å². The summed E-state index contributed by atoms with van der Waals surface area (Å²) in [5.74, 6) is 1.87. The molecule has 0 radical (unpaired) electrons. The number of anilines is 2. The molecule has 10 heteroatoms. The van der Waals surface area contributed by atoms with E-state index in [0.29, 0.717) is 66.8 Å². The van der Waals surface area contributed by atoms with Gasteiger partial charge in [-0.1, -0.05) is 0 Å². The van der Waals surface area contributed by atoms with Crippen molar-refractivity contribution in [2.24, 2.45) is 5.92 Å². The van der Waals surface area contributed by atoms with Gasteiger partial charge in [0.15, 0.2) is 28.1 Å². The third kappa shape index (κ3) is 3.90. The molecule has 6 rings (SSSR count). The Bertz CT molecular complexity index is 1280. The molecule has 3 aliphatic heterocycles. The highest BCUT2D eigenvalue weighted by Crippen LogP contribution is 2.37. The van der Waals surface area contributed by atoms with Crippen molar-refractivity contribution >= 4 is 34.0 Å². The van der Waals surface area contributed by atoms with E-state index in [1.807, 2.05) is 29.6 Å². The number of aromatic nitrogens is 1. The molecule has 1 N–H and O–H groups in total. The Morgan fingerprint density at radius 1 is 0.941 bits per heavy atom. The van der Waals surface area contributed by atoms with Gasteiger partial charge in [-0.15, -0.1) is 11.3 Å². The minimum atomic E-state index is -0.470. The first kappa shape index (κ1) is 20.8. The molecule has 174 valence electrons. The Kier molecular flexibility index (Phi) is 5.21. The van der Waals surface area contributed by atoms with Gasteiger partial charge in [0, 0.05) is 35.7 Å². The van der Waals surface area contributed by atoms with Crippen LogP contribution < -0.4 is 29.2 Å². The van der Waals surface area contributed by atoms with Gasteiger partial charge in [0.2, 0.25) is 11.8 Å². The standard InChI is InChI=1S/C24H21N3O6S/c28-22-10-15(12-27(22)16-2-4-19-21(11-16)33-8-6-31-19)23(29)26-24-25-17(13-34-24)14-1-3-18-20(9-14)32-7-5-30-18/h1-4,9,11,13,15H,5-8,10,12H2,(H,25,26,29)/t15-/m1/s1. The van der Waals surface area contributed by atoms with Crippen LogP contribution in [0, 0.1) is 5.92 Å². The number of ether oxygens (including phenoxy) is 4. The Hall–Kier alpha value is -3.79. The fraction of sp³-hybridized carbons (Fsp3) is 0.292. The van der Waals surface area contributed by atoms with Crippen LogP contribution in [0.1, 0.15) is 6.42 Å². The van der Waals surface area contributed by atoms with E-state index in [-0.39, 0.29) is 18.2 Å². The second-order valence-corrected chi connectivity index (χ2v) is 8.98. The number of nitrogens with zero attached hydrogens (tertiary/aromatic N) is 2. The second kappa shape index (κ2) is 8.53. The van der Waals surface area contributed by atoms with Crippen molar-refractivity contribution in [3.63, 3.8) is 0 Å². The average Bonchev–Trinajstić information content (AvgIpc) is 3.50. The lowest BCUT2D eigenvalue weighted by Gasteiger charge is -2.22. The van der Waals surface area contributed by atoms with Crippen LogP contribution in [0.5, 0.6) is 23.0 Å². The summed E-state index contributed by atoms with van der Waals surface area (Å²) in [5, 5.41) is 5.23. The molecule has 2 amide bonds. The minimum Gasteiger partial charge on any atom is -0.486 e.